The Bertz CT molecular complexity index is 273. The first-order chi connectivity index (χ1) is 8.68. The molecule has 1 saturated carbocycles. The Kier molecular flexibility index (Phi) is 5.01. The Morgan fingerprint density at radius 1 is 1.28 bits per heavy atom. The Morgan fingerprint density at radius 3 is 2.83 bits per heavy atom. The zero-order valence-electron chi connectivity index (χ0n) is 11.4. The zero-order valence-corrected chi connectivity index (χ0v) is 11.4. The third-order valence-corrected chi connectivity index (χ3v) is 4.44. The Balaban J connectivity index is 2.03. The summed E-state index contributed by atoms with van der Waals surface area (Å²) in [6, 6.07) is -0.257. The van der Waals surface area contributed by atoms with E-state index in [2.05, 4.69) is 17.1 Å². The van der Waals surface area contributed by atoms with Crippen molar-refractivity contribution >= 4 is 5.97 Å². The predicted molar refractivity (Wildman–Crippen MR) is 71.6 cm³/mol. The van der Waals surface area contributed by atoms with Crippen molar-refractivity contribution in [2.75, 3.05) is 26.2 Å². The lowest BCUT2D eigenvalue weighted by Crippen LogP contribution is -2.48. The summed E-state index contributed by atoms with van der Waals surface area (Å²) < 4.78 is 0. The van der Waals surface area contributed by atoms with E-state index in [1.807, 2.05) is 0 Å². The number of rotatable bonds is 3. The lowest BCUT2D eigenvalue weighted by Gasteiger charge is -2.37. The molecule has 0 aromatic rings. The molecule has 0 spiro atoms. The highest BCUT2D eigenvalue weighted by atomic mass is 16.4. The average molecular weight is 254 g/mol. The van der Waals surface area contributed by atoms with E-state index >= 15 is 0 Å². The van der Waals surface area contributed by atoms with Crippen LogP contribution in [-0.2, 0) is 4.79 Å². The SMILES string of the molecule is CC1CCCC(C(C(=O)O)N2CCCNCC2)C1. The maximum absolute atomic E-state index is 11.7. The number of carboxylic acids is 1. The molecule has 0 bridgehead atoms. The molecule has 104 valence electrons. The Labute approximate surface area is 110 Å². The second-order valence-electron chi connectivity index (χ2n) is 5.95. The maximum atomic E-state index is 11.7. The van der Waals surface area contributed by atoms with Crippen LogP contribution in [0.1, 0.15) is 39.0 Å². The summed E-state index contributed by atoms with van der Waals surface area (Å²) in [5.41, 5.74) is 0. The molecule has 3 atom stereocenters. The van der Waals surface area contributed by atoms with Crippen molar-refractivity contribution < 1.29 is 9.90 Å². The third-order valence-electron chi connectivity index (χ3n) is 4.44. The highest BCUT2D eigenvalue weighted by Gasteiger charge is 2.35. The largest absolute Gasteiger partial charge is 0.480 e. The second-order valence-corrected chi connectivity index (χ2v) is 5.95. The van der Waals surface area contributed by atoms with Crippen LogP contribution in [0.2, 0.25) is 0 Å². The fourth-order valence-corrected chi connectivity index (χ4v) is 3.57. The van der Waals surface area contributed by atoms with Crippen LogP contribution in [0.15, 0.2) is 0 Å². The number of nitrogens with zero attached hydrogens (tertiary/aromatic N) is 1. The molecule has 3 unspecified atom stereocenters. The van der Waals surface area contributed by atoms with Gasteiger partial charge in [0.15, 0.2) is 0 Å². The van der Waals surface area contributed by atoms with Crippen LogP contribution < -0.4 is 5.32 Å². The Hall–Kier alpha value is -0.610. The third kappa shape index (κ3) is 3.45. The van der Waals surface area contributed by atoms with Gasteiger partial charge in [-0.15, -0.1) is 0 Å². The van der Waals surface area contributed by atoms with E-state index in [0.717, 1.165) is 45.4 Å². The fourth-order valence-electron chi connectivity index (χ4n) is 3.57. The van der Waals surface area contributed by atoms with Gasteiger partial charge in [-0.2, -0.15) is 0 Å². The van der Waals surface area contributed by atoms with Gasteiger partial charge in [0.05, 0.1) is 0 Å². The lowest BCUT2D eigenvalue weighted by molar-refractivity contribution is -0.146. The van der Waals surface area contributed by atoms with Crippen molar-refractivity contribution in [1.29, 1.82) is 0 Å². The highest BCUT2D eigenvalue weighted by Crippen LogP contribution is 2.33. The topological polar surface area (TPSA) is 52.6 Å². The molecule has 4 heteroatoms. The summed E-state index contributed by atoms with van der Waals surface area (Å²) in [5, 5.41) is 12.9. The molecule has 0 radical (unpaired) electrons. The molecule has 4 nitrogen and oxygen atoms in total. The van der Waals surface area contributed by atoms with E-state index in [1.165, 1.54) is 12.8 Å². The first-order valence-electron chi connectivity index (χ1n) is 7.36. The van der Waals surface area contributed by atoms with Gasteiger partial charge < -0.3 is 10.4 Å². The minimum Gasteiger partial charge on any atom is -0.480 e. The fraction of sp³-hybridized carbons (Fsp3) is 0.929. The summed E-state index contributed by atoms with van der Waals surface area (Å²) in [5.74, 6) is 0.427. The lowest BCUT2D eigenvalue weighted by atomic mass is 9.78. The number of nitrogens with one attached hydrogen (secondary N) is 1. The van der Waals surface area contributed by atoms with Crippen molar-refractivity contribution in [3.05, 3.63) is 0 Å². The van der Waals surface area contributed by atoms with Gasteiger partial charge >= 0.3 is 5.97 Å². The standard InChI is InChI=1S/C14H26N2O2/c1-11-4-2-5-12(10-11)13(14(17)18)16-8-3-6-15-7-9-16/h11-13,15H,2-10H2,1H3,(H,17,18). The number of carbonyl (C=O) groups is 1. The molecule has 2 aliphatic rings. The first-order valence-corrected chi connectivity index (χ1v) is 7.36. The van der Waals surface area contributed by atoms with Gasteiger partial charge in [-0.05, 0) is 37.6 Å². The molecule has 0 amide bonds. The van der Waals surface area contributed by atoms with Crippen LogP contribution in [0, 0.1) is 11.8 Å². The summed E-state index contributed by atoms with van der Waals surface area (Å²) in [4.78, 5) is 13.9. The van der Waals surface area contributed by atoms with E-state index in [-0.39, 0.29) is 6.04 Å². The van der Waals surface area contributed by atoms with Gasteiger partial charge in [0, 0.05) is 19.6 Å². The van der Waals surface area contributed by atoms with Crippen molar-refractivity contribution in [3.8, 4) is 0 Å². The highest BCUT2D eigenvalue weighted by molar-refractivity contribution is 5.74. The number of hydrogen-bond acceptors (Lipinski definition) is 3. The van der Waals surface area contributed by atoms with E-state index in [9.17, 15) is 9.90 Å². The monoisotopic (exact) mass is 254 g/mol. The average Bonchev–Trinajstić information content (AvgIpc) is 2.58. The molecule has 2 N–H and O–H groups in total. The van der Waals surface area contributed by atoms with E-state index < -0.39 is 5.97 Å². The number of carboxylic acid groups (broad SMARTS) is 1. The van der Waals surface area contributed by atoms with Crippen molar-refractivity contribution in [2.24, 2.45) is 11.8 Å². The van der Waals surface area contributed by atoms with Crippen LogP contribution in [0.5, 0.6) is 0 Å². The summed E-state index contributed by atoms with van der Waals surface area (Å²) in [6.07, 6.45) is 5.70. The molecule has 0 aromatic carbocycles. The zero-order chi connectivity index (χ0) is 13.0. The van der Waals surface area contributed by atoms with Gasteiger partial charge in [-0.3, -0.25) is 9.69 Å². The van der Waals surface area contributed by atoms with Gasteiger partial charge in [0.25, 0.3) is 0 Å². The molecule has 1 saturated heterocycles. The van der Waals surface area contributed by atoms with E-state index in [0.29, 0.717) is 11.8 Å². The Morgan fingerprint density at radius 2 is 2.11 bits per heavy atom. The molecule has 1 aliphatic carbocycles. The molecular weight excluding hydrogens is 228 g/mol. The smallest absolute Gasteiger partial charge is 0.321 e. The first kappa shape index (κ1) is 13.8. The van der Waals surface area contributed by atoms with Gasteiger partial charge in [-0.25, -0.2) is 0 Å². The molecular formula is C14H26N2O2. The molecule has 1 heterocycles. The van der Waals surface area contributed by atoms with Gasteiger partial charge in [0.2, 0.25) is 0 Å². The molecule has 2 rings (SSSR count). The van der Waals surface area contributed by atoms with Crippen LogP contribution in [-0.4, -0.2) is 48.2 Å². The summed E-state index contributed by atoms with van der Waals surface area (Å²) in [6.45, 7) is 6.00. The minimum atomic E-state index is -0.615. The minimum absolute atomic E-state index is 0.257. The summed E-state index contributed by atoms with van der Waals surface area (Å²) >= 11 is 0. The van der Waals surface area contributed by atoms with Crippen molar-refractivity contribution in [1.82, 2.24) is 10.2 Å². The normalized spacial score (nSPS) is 32.7. The van der Waals surface area contributed by atoms with E-state index in [1.54, 1.807) is 0 Å². The van der Waals surface area contributed by atoms with Crippen molar-refractivity contribution in [3.63, 3.8) is 0 Å². The molecule has 1 aliphatic heterocycles. The van der Waals surface area contributed by atoms with Crippen LogP contribution in [0.4, 0.5) is 0 Å². The number of aliphatic carboxylic acids is 1. The van der Waals surface area contributed by atoms with Gasteiger partial charge in [0.1, 0.15) is 6.04 Å². The van der Waals surface area contributed by atoms with E-state index in [4.69, 9.17) is 0 Å². The van der Waals surface area contributed by atoms with Crippen LogP contribution in [0.25, 0.3) is 0 Å². The van der Waals surface area contributed by atoms with Crippen LogP contribution in [0.3, 0.4) is 0 Å². The van der Waals surface area contributed by atoms with Crippen molar-refractivity contribution in [2.45, 2.75) is 45.1 Å². The second kappa shape index (κ2) is 6.53. The number of hydrogen-bond donors (Lipinski definition) is 2. The van der Waals surface area contributed by atoms with Crippen LogP contribution >= 0.6 is 0 Å². The summed E-state index contributed by atoms with van der Waals surface area (Å²) in [7, 11) is 0. The quantitative estimate of drug-likeness (QED) is 0.802. The molecule has 18 heavy (non-hydrogen) atoms. The maximum Gasteiger partial charge on any atom is 0.321 e. The molecule has 0 aromatic heterocycles. The van der Waals surface area contributed by atoms with Gasteiger partial charge in [-0.1, -0.05) is 19.8 Å². The predicted octanol–water partition coefficient (Wildman–Crippen LogP) is 1.56. The molecule has 2 fully saturated rings.